The predicted molar refractivity (Wildman–Crippen MR) is 77.7 cm³/mol. The molecule has 0 amide bonds. The highest BCUT2D eigenvalue weighted by Gasteiger charge is 2.15. The van der Waals surface area contributed by atoms with Gasteiger partial charge in [-0.25, -0.2) is 0 Å². The Hall–Kier alpha value is -0.860. The molecule has 1 aromatic rings. The third-order valence-corrected chi connectivity index (χ3v) is 4.15. The summed E-state index contributed by atoms with van der Waals surface area (Å²) in [4.78, 5) is 2.57. The maximum Gasteiger partial charge on any atom is 0.00740 e. The van der Waals surface area contributed by atoms with Crippen LogP contribution in [0.25, 0.3) is 0 Å². The van der Waals surface area contributed by atoms with Crippen LogP contribution in [-0.4, -0.2) is 30.6 Å². The van der Waals surface area contributed by atoms with Gasteiger partial charge in [0.2, 0.25) is 0 Å². The first kappa shape index (κ1) is 13.6. The van der Waals surface area contributed by atoms with Gasteiger partial charge in [0.1, 0.15) is 0 Å². The number of hydrogen-bond donors (Lipinski definition) is 1. The van der Waals surface area contributed by atoms with Crippen LogP contribution in [0.5, 0.6) is 0 Å². The van der Waals surface area contributed by atoms with E-state index in [0.717, 1.165) is 13.0 Å². The van der Waals surface area contributed by atoms with Gasteiger partial charge in [0.25, 0.3) is 0 Å². The summed E-state index contributed by atoms with van der Waals surface area (Å²) in [6.45, 7) is 7.93. The van der Waals surface area contributed by atoms with E-state index in [1.807, 2.05) is 0 Å². The lowest BCUT2D eigenvalue weighted by Gasteiger charge is -2.23. The van der Waals surface area contributed by atoms with Crippen LogP contribution >= 0.6 is 0 Å². The zero-order valence-corrected chi connectivity index (χ0v) is 11.7. The molecule has 1 aliphatic heterocycles. The first-order valence-corrected chi connectivity index (χ1v) is 7.21. The predicted octanol–water partition coefficient (Wildman–Crippen LogP) is 2.46. The fourth-order valence-electron chi connectivity index (χ4n) is 2.60. The van der Waals surface area contributed by atoms with Crippen molar-refractivity contribution in [2.75, 3.05) is 19.6 Å². The molecule has 2 rings (SSSR count). The second-order valence-corrected chi connectivity index (χ2v) is 5.81. The molecule has 1 heterocycles. The molecule has 0 bridgehead atoms. The van der Waals surface area contributed by atoms with Gasteiger partial charge in [-0.1, -0.05) is 38.1 Å². The number of fused-ring (bicyclic) bond motifs is 1. The second-order valence-electron chi connectivity index (χ2n) is 5.81. The quantitative estimate of drug-likeness (QED) is 0.884. The van der Waals surface area contributed by atoms with Crippen LogP contribution in [-0.2, 0) is 12.8 Å². The molecule has 0 fully saturated rings. The van der Waals surface area contributed by atoms with Gasteiger partial charge >= 0.3 is 0 Å². The third-order valence-electron chi connectivity index (χ3n) is 4.15. The summed E-state index contributed by atoms with van der Waals surface area (Å²) in [5.74, 6) is 0.592. The smallest absolute Gasteiger partial charge is 0.00740 e. The Balaban J connectivity index is 1.85. The molecular formula is C16H26N2. The van der Waals surface area contributed by atoms with Crippen LogP contribution < -0.4 is 5.73 Å². The largest absolute Gasteiger partial charge is 0.327 e. The summed E-state index contributed by atoms with van der Waals surface area (Å²) in [7, 11) is 0. The van der Waals surface area contributed by atoms with Gasteiger partial charge in [0.15, 0.2) is 0 Å². The Bertz CT molecular complexity index is 346. The van der Waals surface area contributed by atoms with E-state index in [-0.39, 0.29) is 0 Å². The van der Waals surface area contributed by atoms with Gasteiger partial charge in [-0.2, -0.15) is 0 Å². The summed E-state index contributed by atoms with van der Waals surface area (Å²) in [5.41, 5.74) is 9.20. The average Bonchev–Trinajstić information content (AvgIpc) is 2.58. The Kier molecular flexibility index (Phi) is 4.79. The van der Waals surface area contributed by atoms with Gasteiger partial charge in [-0.05, 0) is 42.9 Å². The van der Waals surface area contributed by atoms with Crippen molar-refractivity contribution in [1.82, 2.24) is 4.90 Å². The van der Waals surface area contributed by atoms with E-state index in [0.29, 0.717) is 12.0 Å². The number of rotatable bonds is 4. The molecule has 18 heavy (non-hydrogen) atoms. The van der Waals surface area contributed by atoms with Gasteiger partial charge in [-0.15, -0.1) is 0 Å². The van der Waals surface area contributed by atoms with E-state index in [2.05, 4.69) is 43.0 Å². The normalized spacial score (nSPS) is 18.4. The minimum atomic E-state index is 0.343. The zero-order chi connectivity index (χ0) is 13.0. The fraction of sp³-hybridized carbons (Fsp3) is 0.625. The molecule has 2 nitrogen and oxygen atoms in total. The van der Waals surface area contributed by atoms with Crippen LogP contribution in [0.1, 0.15) is 31.4 Å². The molecule has 1 atom stereocenters. The standard InChI is InChI=1S/C16H26N2/c1-13(2)16(17)9-12-18-10-7-14-5-3-4-6-15(14)8-11-18/h3-6,13,16H,7-12,17H2,1-2H3. The van der Waals surface area contributed by atoms with E-state index in [1.54, 1.807) is 0 Å². The van der Waals surface area contributed by atoms with Crippen molar-refractivity contribution in [2.24, 2.45) is 11.7 Å². The molecule has 2 N–H and O–H groups in total. The monoisotopic (exact) mass is 246 g/mol. The zero-order valence-electron chi connectivity index (χ0n) is 11.7. The number of nitrogens with zero attached hydrogens (tertiary/aromatic N) is 1. The van der Waals surface area contributed by atoms with Crippen LogP contribution in [0.4, 0.5) is 0 Å². The van der Waals surface area contributed by atoms with Crippen molar-refractivity contribution in [3.8, 4) is 0 Å². The summed E-state index contributed by atoms with van der Waals surface area (Å²) in [5, 5.41) is 0. The van der Waals surface area contributed by atoms with Crippen molar-refractivity contribution in [1.29, 1.82) is 0 Å². The van der Waals surface area contributed by atoms with E-state index in [9.17, 15) is 0 Å². The van der Waals surface area contributed by atoms with Crippen molar-refractivity contribution < 1.29 is 0 Å². The van der Waals surface area contributed by atoms with Gasteiger partial charge in [-0.3, -0.25) is 0 Å². The van der Waals surface area contributed by atoms with Crippen molar-refractivity contribution in [2.45, 2.75) is 39.2 Å². The minimum absolute atomic E-state index is 0.343. The van der Waals surface area contributed by atoms with Crippen molar-refractivity contribution in [3.63, 3.8) is 0 Å². The highest BCUT2D eigenvalue weighted by molar-refractivity contribution is 5.28. The molecule has 0 spiro atoms. The molecular weight excluding hydrogens is 220 g/mol. The molecule has 0 saturated heterocycles. The minimum Gasteiger partial charge on any atom is -0.327 e. The highest BCUT2D eigenvalue weighted by atomic mass is 15.1. The Morgan fingerprint density at radius 2 is 1.67 bits per heavy atom. The summed E-state index contributed by atoms with van der Waals surface area (Å²) >= 11 is 0. The Morgan fingerprint density at radius 3 is 2.17 bits per heavy atom. The van der Waals surface area contributed by atoms with Crippen LogP contribution in [0.3, 0.4) is 0 Å². The number of benzene rings is 1. The molecule has 0 radical (unpaired) electrons. The molecule has 0 aromatic heterocycles. The lowest BCUT2D eigenvalue weighted by Crippen LogP contribution is -2.34. The lowest BCUT2D eigenvalue weighted by atomic mass is 10.0. The maximum absolute atomic E-state index is 6.13. The first-order chi connectivity index (χ1) is 8.66. The van der Waals surface area contributed by atoms with E-state index >= 15 is 0 Å². The lowest BCUT2D eigenvalue weighted by molar-refractivity contribution is 0.265. The maximum atomic E-state index is 6.13. The summed E-state index contributed by atoms with van der Waals surface area (Å²) in [6, 6.07) is 9.21. The highest BCUT2D eigenvalue weighted by Crippen LogP contribution is 2.16. The molecule has 0 saturated carbocycles. The second kappa shape index (κ2) is 6.35. The average molecular weight is 246 g/mol. The Morgan fingerprint density at radius 1 is 1.11 bits per heavy atom. The third kappa shape index (κ3) is 3.56. The molecule has 1 aromatic carbocycles. The molecule has 1 unspecified atom stereocenters. The topological polar surface area (TPSA) is 29.3 Å². The van der Waals surface area contributed by atoms with E-state index < -0.39 is 0 Å². The molecule has 100 valence electrons. The van der Waals surface area contributed by atoms with Crippen LogP contribution in [0.2, 0.25) is 0 Å². The van der Waals surface area contributed by atoms with Crippen LogP contribution in [0, 0.1) is 5.92 Å². The van der Waals surface area contributed by atoms with Crippen LogP contribution in [0.15, 0.2) is 24.3 Å². The van der Waals surface area contributed by atoms with Gasteiger partial charge in [0.05, 0.1) is 0 Å². The van der Waals surface area contributed by atoms with E-state index in [4.69, 9.17) is 5.73 Å². The SMILES string of the molecule is CC(C)C(N)CCN1CCc2ccccc2CC1. The molecule has 2 heteroatoms. The van der Waals surface area contributed by atoms with Crippen molar-refractivity contribution >= 4 is 0 Å². The van der Waals surface area contributed by atoms with Gasteiger partial charge < -0.3 is 10.6 Å². The molecule has 0 aliphatic carbocycles. The Labute approximate surface area is 111 Å². The number of nitrogens with two attached hydrogens (primary N) is 1. The van der Waals surface area contributed by atoms with E-state index in [1.165, 1.54) is 37.1 Å². The van der Waals surface area contributed by atoms with Crippen molar-refractivity contribution in [3.05, 3.63) is 35.4 Å². The first-order valence-electron chi connectivity index (χ1n) is 7.21. The summed E-state index contributed by atoms with van der Waals surface area (Å²) in [6.07, 6.45) is 3.49. The molecule has 1 aliphatic rings. The number of hydrogen-bond acceptors (Lipinski definition) is 2. The van der Waals surface area contributed by atoms with Gasteiger partial charge in [0, 0.05) is 19.1 Å². The summed E-state index contributed by atoms with van der Waals surface area (Å²) < 4.78 is 0. The fourth-order valence-corrected chi connectivity index (χ4v) is 2.60.